The van der Waals surface area contributed by atoms with E-state index in [1.165, 1.54) is 6.07 Å². The molecule has 0 aliphatic carbocycles. The molecule has 0 saturated heterocycles. The van der Waals surface area contributed by atoms with Gasteiger partial charge < -0.3 is 0 Å². The summed E-state index contributed by atoms with van der Waals surface area (Å²) in [6.45, 7) is 3.62. The normalized spacial score (nSPS) is 10.0. The van der Waals surface area contributed by atoms with E-state index in [1.807, 2.05) is 6.92 Å². The summed E-state index contributed by atoms with van der Waals surface area (Å²) in [5.74, 6) is -0.138. The van der Waals surface area contributed by atoms with Gasteiger partial charge in [0.1, 0.15) is 5.82 Å². The maximum absolute atomic E-state index is 12.7. The Morgan fingerprint density at radius 1 is 1.20 bits per heavy atom. The maximum Gasteiger partial charge on any atom is 0.126 e. The van der Waals surface area contributed by atoms with Crippen LogP contribution in [0.1, 0.15) is 11.1 Å². The van der Waals surface area contributed by atoms with Crippen molar-refractivity contribution in [2.24, 2.45) is 0 Å². The molecule has 0 bridgehead atoms. The zero-order chi connectivity index (χ0) is 7.72. The summed E-state index contributed by atoms with van der Waals surface area (Å²) < 4.78 is 13.7. The number of hydrogen-bond acceptors (Lipinski definition) is 0. The predicted molar refractivity (Wildman–Crippen MR) is 43.6 cm³/mol. The zero-order valence-corrected chi connectivity index (χ0v) is 7.50. The van der Waals surface area contributed by atoms with Gasteiger partial charge in [0, 0.05) is 4.47 Å². The van der Waals surface area contributed by atoms with Gasteiger partial charge in [0.15, 0.2) is 0 Å². The summed E-state index contributed by atoms with van der Waals surface area (Å²) in [5, 5.41) is 0. The van der Waals surface area contributed by atoms with Gasteiger partial charge >= 0.3 is 0 Å². The molecule has 54 valence electrons. The third-order valence-corrected chi connectivity index (χ3v) is 2.29. The molecule has 0 atom stereocenters. The van der Waals surface area contributed by atoms with Crippen molar-refractivity contribution < 1.29 is 4.39 Å². The molecule has 1 aromatic rings. The van der Waals surface area contributed by atoms with Crippen LogP contribution >= 0.6 is 15.9 Å². The van der Waals surface area contributed by atoms with Crippen molar-refractivity contribution >= 4 is 15.9 Å². The molecule has 0 aromatic heterocycles. The van der Waals surface area contributed by atoms with Crippen LogP contribution in [0.15, 0.2) is 16.6 Å². The predicted octanol–water partition coefficient (Wildman–Crippen LogP) is 3.21. The van der Waals surface area contributed by atoms with Crippen molar-refractivity contribution in [2.75, 3.05) is 0 Å². The van der Waals surface area contributed by atoms with Crippen molar-refractivity contribution in [3.63, 3.8) is 0 Å². The molecule has 0 unspecified atom stereocenters. The minimum Gasteiger partial charge on any atom is -0.207 e. The van der Waals surface area contributed by atoms with E-state index in [-0.39, 0.29) is 5.82 Å². The Morgan fingerprint density at radius 2 is 1.80 bits per heavy atom. The first-order chi connectivity index (χ1) is 4.61. The van der Waals surface area contributed by atoms with Gasteiger partial charge in [0.25, 0.3) is 0 Å². The highest BCUT2D eigenvalue weighted by atomic mass is 79.9. The van der Waals surface area contributed by atoms with Crippen LogP contribution in [0.25, 0.3) is 0 Å². The Balaban J connectivity index is 3.28. The highest BCUT2D eigenvalue weighted by Crippen LogP contribution is 2.19. The zero-order valence-electron chi connectivity index (χ0n) is 5.91. The second kappa shape index (κ2) is 2.70. The van der Waals surface area contributed by atoms with Gasteiger partial charge in [-0.25, -0.2) is 4.39 Å². The summed E-state index contributed by atoms with van der Waals surface area (Å²) in [6, 6.07) is 3.31. The summed E-state index contributed by atoms with van der Waals surface area (Å²) in [7, 11) is 0. The average Bonchev–Trinajstić information content (AvgIpc) is 1.84. The number of halogens is 2. The largest absolute Gasteiger partial charge is 0.207 e. The Kier molecular flexibility index (Phi) is 2.09. The molecule has 10 heavy (non-hydrogen) atoms. The standard InChI is InChI=1S/C8H8BrF/c1-5-4-8(10)6(2)3-7(5)9/h3-4H,1-2H3. The lowest BCUT2D eigenvalue weighted by molar-refractivity contribution is 0.617. The third-order valence-electron chi connectivity index (χ3n) is 1.44. The summed E-state index contributed by atoms with van der Waals surface area (Å²) in [6.07, 6.45) is 0. The molecule has 0 spiro atoms. The fraction of sp³-hybridized carbons (Fsp3) is 0.250. The smallest absolute Gasteiger partial charge is 0.126 e. The number of rotatable bonds is 0. The lowest BCUT2D eigenvalue weighted by atomic mass is 10.2. The van der Waals surface area contributed by atoms with E-state index in [0.29, 0.717) is 5.56 Å². The fourth-order valence-corrected chi connectivity index (χ4v) is 1.20. The summed E-state index contributed by atoms with van der Waals surface area (Å²) >= 11 is 3.31. The average molecular weight is 203 g/mol. The molecule has 0 amide bonds. The van der Waals surface area contributed by atoms with Gasteiger partial charge in [0.2, 0.25) is 0 Å². The SMILES string of the molecule is Cc1cc(Br)c(C)cc1F. The molecular weight excluding hydrogens is 195 g/mol. The van der Waals surface area contributed by atoms with Crippen LogP contribution in [0.2, 0.25) is 0 Å². The molecule has 0 fully saturated rings. The lowest BCUT2D eigenvalue weighted by Crippen LogP contribution is -1.84. The molecule has 0 radical (unpaired) electrons. The van der Waals surface area contributed by atoms with Crippen LogP contribution in [-0.4, -0.2) is 0 Å². The van der Waals surface area contributed by atoms with Gasteiger partial charge in [0.05, 0.1) is 0 Å². The van der Waals surface area contributed by atoms with Gasteiger partial charge in [-0.2, -0.15) is 0 Å². The first kappa shape index (κ1) is 7.73. The van der Waals surface area contributed by atoms with Crippen LogP contribution in [0.3, 0.4) is 0 Å². The number of aryl methyl sites for hydroxylation is 2. The minimum absolute atomic E-state index is 0.138. The van der Waals surface area contributed by atoms with Gasteiger partial charge in [-0.1, -0.05) is 15.9 Å². The Labute approximate surface area is 68.2 Å². The monoisotopic (exact) mass is 202 g/mol. The van der Waals surface area contributed by atoms with Crippen LogP contribution in [0, 0.1) is 19.7 Å². The molecule has 1 rings (SSSR count). The van der Waals surface area contributed by atoms with E-state index in [0.717, 1.165) is 10.0 Å². The van der Waals surface area contributed by atoms with Crippen LogP contribution in [-0.2, 0) is 0 Å². The van der Waals surface area contributed by atoms with Crippen LogP contribution < -0.4 is 0 Å². The van der Waals surface area contributed by atoms with Crippen molar-refractivity contribution in [3.8, 4) is 0 Å². The summed E-state index contributed by atoms with van der Waals surface area (Å²) in [5.41, 5.74) is 1.61. The first-order valence-corrected chi connectivity index (χ1v) is 3.83. The molecule has 0 nitrogen and oxygen atoms in total. The molecule has 2 heteroatoms. The van der Waals surface area contributed by atoms with Crippen LogP contribution in [0.5, 0.6) is 0 Å². The molecule has 0 aliphatic heterocycles. The van der Waals surface area contributed by atoms with E-state index < -0.39 is 0 Å². The lowest BCUT2D eigenvalue weighted by Gasteiger charge is -1.99. The second-order valence-corrected chi connectivity index (χ2v) is 3.20. The Morgan fingerprint density at radius 3 is 2.30 bits per heavy atom. The second-order valence-electron chi connectivity index (χ2n) is 2.35. The van der Waals surface area contributed by atoms with Crippen LogP contribution in [0.4, 0.5) is 4.39 Å². The maximum atomic E-state index is 12.7. The minimum atomic E-state index is -0.138. The van der Waals surface area contributed by atoms with Gasteiger partial charge in [-0.05, 0) is 37.1 Å². The number of hydrogen-bond donors (Lipinski definition) is 0. The first-order valence-electron chi connectivity index (χ1n) is 3.03. The van der Waals surface area contributed by atoms with E-state index in [1.54, 1.807) is 13.0 Å². The molecule has 0 aliphatic rings. The molecular formula is C8H8BrF. The van der Waals surface area contributed by atoms with E-state index in [4.69, 9.17) is 0 Å². The molecule has 0 N–H and O–H groups in total. The number of benzene rings is 1. The van der Waals surface area contributed by atoms with E-state index in [9.17, 15) is 4.39 Å². The molecule has 0 saturated carbocycles. The Bertz CT molecular complexity index is 205. The topological polar surface area (TPSA) is 0 Å². The van der Waals surface area contributed by atoms with Crippen molar-refractivity contribution in [1.29, 1.82) is 0 Å². The highest BCUT2D eigenvalue weighted by molar-refractivity contribution is 9.10. The van der Waals surface area contributed by atoms with Gasteiger partial charge in [-0.3, -0.25) is 0 Å². The Hall–Kier alpha value is -0.370. The third kappa shape index (κ3) is 1.37. The summed E-state index contributed by atoms with van der Waals surface area (Å²) in [4.78, 5) is 0. The highest BCUT2D eigenvalue weighted by Gasteiger charge is 1.99. The molecule has 0 heterocycles. The van der Waals surface area contributed by atoms with E-state index >= 15 is 0 Å². The molecule has 1 aromatic carbocycles. The van der Waals surface area contributed by atoms with Crippen molar-refractivity contribution in [2.45, 2.75) is 13.8 Å². The fourth-order valence-electron chi connectivity index (χ4n) is 0.746. The van der Waals surface area contributed by atoms with Crippen molar-refractivity contribution in [3.05, 3.63) is 33.5 Å². The van der Waals surface area contributed by atoms with Gasteiger partial charge in [-0.15, -0.1) is 0 Å². The van der Waals surface area contributed by atoms with Crippen molar-refractivity contribution in [1.82, 2.24) is 0 Å². The van der Waals surface area contributed by atoms with E-state index in [2.05, 4.69) is 15.9 Å². The quantitative estimate of drug-likeness (QED) is 0.607.